The molecule has 0 spiro atoms. The Hall–Kier alpha value is -2.07. The molecule has 2 rings (SSSR count). The molecule has 0 fully saturated rings. The molecule has 0 bridgehead atoms. The highest BCUT2D eigenvalue weighted by atomic mass is 79.9. The molecule has 108 valence electrons. The number of methoxy groups -OCH3 is 2. The Balaban J connectivity index is 2.24. The zero-order valence-corrected chi connectivity index (χ0v) is 13.4. The number of hydrogen-bond acceptors (Lipinski definition) is 3. The van der Waals surface area contributed by atoms with Gasteiger partial charge < -0.3 is 9.47 Å². The van der Waals surface area contributed by atoms with Gasteiger partial charge in [0.15, 0.2) is 5.78 Å². The summed E-state index contributed by atoms with van der Waals surface area (Å²) in [7, 11) is 3.18. The van der Waals surface area contributed by atoms with E-state index in [-0.39, 0.29) is 5.78 Å². The van der Waals surface area contributed by atoms with Gasteiger partial charge in [-0.1, -0.05) is 28.1 Å². The Labute approximate surface area is 132 Å². The first-order valence-electron chi connectivity index (χ1n) is 6.34. The molecular weight excluding hydrogens is 332 g/mol. The van der Waals surface area contributed by atoms with Gasteiger partial charge in [-0.05, 0) is 42.5 Å². The molecule has 0 N–H and O–H groups in total. The van der Waals surface area contributed by atoms with Crippen molar-refractivity contribution in [1.29, 1.82) is 0 Å². The molecule has 0 saturated heterocycles. The summed E-state index contributed by atoms with van der Waals surface area (Å²) in [6.07, 6.45) is 3.27. The topological polar surface area (TPSA) is 35.5 Å². The minimum Gasteiger partial charge on any atom is -0.497 e. The molecule has 0 amide bonds. The summed E-state index contributed by atoms with van der Waals surface area (Å²) in [4.78, 5) is 12.2. The number of ether oxygens (including phenoxy) is 2. The van der Waals surface area contributed by atoms with Crippen LogP contribution in [0.4, 0.5) is 0 Å². The largest absolute Gasteiger partial charge is 0.497 e. The molecule has 3 nitrogen and oxygen atoms in total. The maximum Gasteiger partial charge on any atom is 0.185 e. The third kappa shape index (κ3) is 3.95. The van der Waals surface area contributed by atoms with Gasteiger partial charge in [-0.3, -0.25) is 4.79 Å². The summed E-state index contributed by atoms with van der Waals surface area (Å²) in [6, 6.07) is 12.7. The van der Waals surface area contributed by atoms with Gasteiger partial charge in [0, 0.05) is 15.6 Å². The van der Waals surface area contributed by atoms with E-state index in [1.807, 2.05) is 18.2 Å². The summed E-state index contributed by atoms with van der Waals surface area (Å²) in [5.41, 5.74) is 1.42. The van der Waals surface area contributed by atoms with Crippen molar-refractivity contribution in [2.45, 2.75) is 0 Å². The van der Waals surface area contributed by atoms with Gasteiger partial charge in [-0.25, -0.2) is 0 Å². The highest BCUT2D eigenvalue weighted by Gasteiger charge is 2.05. The summed E-state index contributed by atoms with van der Waals surface area (Å²) >= 11 is 3.41. The average molecular weight is 347 g/mol. The van der Waals surface area contributed by atoms with Crippen molar-refractivity contribution in [2.24, 2.45) is 0 Å². The summed E-state index contributed by atoms with van der Waals surface area (Å²) < 4.78 is 11.3. The lowest BCUT2D eigenvalue weighted by Crippen LogP contribution is -1.95. The predicted molar refractivity (Wildman–Crippen MR) is 87.1 cm³/mol. The monoisotopic (exact) mass is 346 g/mol. The second-order valence-electron chi connectivity index (χ2n) is 4.32. The Bertz CT molecular complexity index is 677. The van der Waals surface area contributed by atoms with E-state index < -0.39 is 0 Å². The third-order valence-corrected chi connectivity index (χ3v) is 3.45. The van der Waals surface area contributed by atoms with E-state index in [4.69, 9.17) is 9.47 Å². The molecule has 0 unspecified atom stereocenters. The molecular formula is C17H15BrO3. The molecule has 0 saturated carbocycles. The standard InChI is InChI=1S/C17H15BrO3/c1-20-15-5-3-4-12(11-15)16(19)8-6-13-10-14(18)7-9-17(13)21-2/h3-11H,1-2H3. The smallest absolute Gasteiger partial charge is 0.185 e. The van der Waals surface area contributed by atoms with E-state index in [2.05, 4.69) is 15.9 Å². The van der Waals surface area contributed by atoms with Crippen LogP contribution < -0.4 is 9.47 Å². The maximum absolute atomic E-state index is 12.2. The van der Waals surface area contributed by atoms with Crippen LogP contribution in [-0.4, -0.2) is 20.0 Å². The number of carbonyl (C=O) groups excluding carboxylic acids is 1. The molecule has 0 atom stereocenters. The Morgan fingerprint density at radius 1 is 1.10 bits per heavy atom. The van der Waals surface area contributed by atoms with Crippen molar-refractivity contribution in [3.05, 3.63) is 64.1 Å². The molecule has 0 aliphatic rings. The van der Waals surface area contributed by atoms with Crippen molar-refractivity contribution in [3.63, 3.8) is 0 Å². The molecule has 2 aromatic carbocycles. The molecule has 0 aromatic heterocycles. The fourth-order valence-corrected chi connectivity index (χ4v) is 2.25. The van der Waals surface area contributed by atoms with E-state index in [1.165, 1.54) is 6.08 Å². The number of hydrogen-bond donors (Lipinski definition) is 0. The SMILES string of the molecule is COc1cccc(C(=O)C=Cc2cc(Br)ccc2OC)c1. The van der Waals surface area contributed by atoms with Gasteiger partial charge in [0.2, 0.25) is 0 Å². The van der Waals surface area contributed by atoms with Gasteiger partial charge in [-0.15, -0.1) is 0 Å². The molecule has 0 heterocycles. The average Bonchev–Trinajstić information content (AvgIpc) is 2.52. The molecule has 21 heavy (non-hydrogen) atoms. The van der Waals surface area contributed by atoms with Gasteiger partial charge in [0.1, 0.15) is 11.5 Å². The van der Waals surface area contributed by atoms with Crippen LogP contribution in [0.25, 0.3) is 6.08 Å². The Morgan fingerprint density at radius 2 is 1.90 bits per heavy atom. The quantitative estimate of drug-likeness (QED) is 0.595. The van der Waals surface area contributed by atoms with Gasteiger partial charge in [-0.2, -0.15) is 0 Å². The van der Waals surface area contributed by atoms with Crippen LogP contribution in [0.5, 0.6) is 11.5 Å². The minimum atomic E-state index is -0.0871. The fraction of sp³-hybridized carbons (Fsp3) is 0.118. The number of benzene rings is 2. The molecule has 2 aromatic rings. The first-order valence-corrected chi connectivity index (χ1v) is 7.13. The zero-order chi connectivity index (χ0) is 15.2. The first-order chi connectivity index (χ1) is 10.1. The fourth-order valence-electron chi connectivity index (χ4n) is 1.87. The highest BCUT2D eigenvalue weighted by molar-refractivity contribution is 9.10. The minimum absolute atomic E-state index is 0.0871. The van der Waals surface area contributed by atoms with Crippen molar-refractivity contribution >= 4 is 27.8 Å². The first kappa shape index (κ1) is 15.3. The molecule has 0 radical (unpaired) electrons. The van der Waals surface area contributed by atoms with Crippen molar-refractivity contribution in [2.75, 3.05) is 14.2 Å². The number of carbonyl (C=O) groups is 1. The number of rotatable bonds is 5. The lowest BCUT2D eigenvalue weighted by Gasteiger charge is -2.05. The zero-order valence-electron chi connectivity index (χ0n) is 11.8. The van der Waals surface area contributed by atoms with E-state index in [0.717, 1.165) is 10.0 Å². The molecule has 4 heteroatoms. The van der Waals surface area contributed by atoms with Crippen LogP contribution >= 0.6 is 15.9 Å². The Kier molecular flexibility index (Phi) is 5.17. The lowest BCUT2D eigenvalue weighted by atomic mass is 10.1. The second-order valence-corrected chi connectivity index (χ2v) is 5.23. The van der Waals surface area contributed by atoms with E-state index >= 15 is 0 Å². The van der Waals surface area contributed by atoms with E-state index in [9.17, 15) is 4.79 Å². The number of allylic oxidation sites excluding steroid dienone is 1. The third-order valence-electron chi connectivity index (χ3n) is 2.96. The Morgan fingerprint density at radius 3 is 2.62 bits per heavy atom. The van der Waals surface area contributed by atoms with Gasteiger partial charge in [0.25, 0.3) is 0 Å². The normalized spacial score (nSPS) is 10.6. The van der Waals surface area contributed by atoms with Crippen LogP contribution in [0.2, 0.25) is 0 Å². The van der Waals surface area contributed by atoms with Crippen molar-refractivity contribution in [1.82, 2.24) is 0 Å². The second kappa shape index (κ2) is 7.09. The predicted octanol–water partition coefficient (Wildman–Crippen LogP) is 4.36. The lowest BCUT2D eigenvalue weighted by molar-refractivity contribution is 0.104. The number of halogens is 1. The van der Waals surface area contributed by atoms with Crippen molar-refractivity contribution in [3.8, 4) is 11.5 Å². The van der Waals surface area contributed by atoms with Crippen LogP contribution in [0.3, 0.4) is 0 Å². The molecule has 0 aliphatic carbocycles. The van der Waals surface area contributed by atoms with Gasteiger partial charge >= 0.3 is 0 Å². The van der Waals surface area contributed by atoms with Crippen LogP contribution in [-0.2, 0) is 0 Å². The highest BCUT2D eigenvalue weighted by Crippen LogP contribution is 2.24. The summed E-state index contributed by atoms with van der Waals surface area (Å²) in [5, 5.41) is 0. The summed E-state index contributed by atoms with van der Waals surface area (Å²) in [6.45, 7) is 0. The number of ketones is 1. The van der Waals surface area contributed by atoms with E-state index in [0.29, 0.717) is 17.1 Å². The van der Waals surface area contributed by atoms with Crippen molar-refractivity contribution < 1.29 is 14.3 Å². The van der Waals surface area contributed by atoms with E-state index in [1.54, 1.807) is 44.6 Å². The van der Waals surface area contributed by atoms with Crippen LogP contribution in [0.15, 0.2) is 53.0 Å². The van der Waals surface area contributed by atoms with Crippen LogP contribution in [0.1, 0.15) is 15.9 Å². The van der Waals surface area contributed by atoms with Crippen LogP contribution in [0, 0.1) is 0 Å². The summed E-state index contributed by atoms with van der Waals surface area (Å²) in [5.74, 6) is 1.29. The molecule has 0 aliphatic heterocycles. The maximum atomic E-state index is 12.2. The van der Waals surface area contributed by atoms with Gasteiger partial charge in [0.05, 0.1) is 14.2 Å².